The number of carboxylic acid groups (broad SMARTS) is 1. The van der Waals surface area contributed by atoms with Crippen molar-refractivity contribution in [1.29, 1.82) is 0 Å². The topological polar surface area (TPSA) is 89.3 Å². The van der Waals surface area contributed by atoms with Gasteiger partial charge in [-0.3, -0.25) is 4.79 Å². The fourth-order valence-electron chi connectivity index (χ4n) is 1.69. The largest absolute Gasteiger partial charge is 0.481 e. The lowest BCUT2D eigenvalue weighted by atomic mass is 10.1. The Morgan fingerprint density at radius 3 is 1.79 bits per heavy atom. The van der Waals surface area contributed by atoms with Crippen LogP contribution in [-0.2, 0) is 4.79 Å². The third-order valence-electron chi connectivity index (χ3n) is 2.89. The predicted molar refractivity (Wildman–Crippen MR) is 81.9 cm³/mol. The van der Waals surface area contributed by atoms with E-state index in [1.165, 1.54) is 44.9 Å². The van der Waals surface area contributed by atoms with Crippen molar-refractivity contribution >= 4 is 5.97 Å². The second-order valence-corrected chi connectivity index (χ2v) is 5.07. The summed E-state index contributed by atoms with van der Waals surface area (Å²) in [5, 5.41) is 8.27. The van der Waals surface area contributed by atoms with E-state index in [4.69, 9.17) is 16.6 Å². The molecule has 0 atom stereocenters. The molecule has 0 heterocycles. The van der Waals surface area contributed by atoms with Crippen LogP contribution in [0.15, 0.2) is 0 Å². The summed E-state index contributed by atoms with van der Waals surface area (Å²) in [5.74, 6) is -0.670. The first kappa shape index (κ1) is 20.7. The molecule has 19 heavy (non-hydrogen) atoms. The molecule has 0 saturated carbocycles. The average molecular weight is 274 g/mol. The van der Waals surface area contributed by atoms with Gasteiger partial charge in [-0.05, 0) is 12.8 Å². The van der Waals surface area contributed by atoms with E-state index in [9.17, 15) is 4.79 Å². The zero-order valence-corrected chi connectivity index (χ0v) is 12.9. The Balaban J connectivity index is 0. The summed E-state index contributed by atoms with van der Waals surface area (Å²) in [6.45, 7) is 4.35. The lowest BCUT2D eigenvalue weighted by molar-refractivity contribution is -0.137. The molecule has 0 aliphatic rings. The molecule has 0 unspecified atom stereocenters. The molecule has 0 spiro atoms. The van der Waals surface area contributed by atoms with Crippen LogP contribution in [-0.4, -0.2) is 17.2 Å². The zero-order chi connectivity index (χ0) is 14.9. The van der Waals surface area contributed by atoms with Crippen molar-refractivity contribution in [3.05, 3.63) is 0 Å². The van der Waals surface area contributed by atoms with Crippen LogP contribution in [0, 0.1) is 0 Å². The van der Waals surface area contributed by atoms with Crippen LogP contribution in [0.5, 0.6) is 0 Å². The lowest BCUT2D eigenvalue weighted by Gasteiger charge is -2.02. The van der Waals surface area contributed by atoms with E-state index in [2.05, 4.69) is 13.8 Å². The van der Waals surface area contributed by atoms with E-state index in [0.717, 1.165) is 19.3 Å². The number of unbranched alkanes of at least 4 members (excludes halogenated alkanes) is 7. The van der Waals surface area contributed by atoms with E-state index in [1.807, 2.05) is 0 Å². The van der Waals surface area contributed by atoms with Crippen molar-refractivity contribution in [1.82, 2.24) is 0 Å². The number of aliphatic carboxylic acids is 1. The van der Waals surface area contributed by atoms with Gasteiger partial charge < -0.3 is 16.6 Å². The number of nitrogens with two attached hydrogens (primary N) is 2. The Labute approximate surface area is 118 Å². The fourth-order valence-corrected chi connectivity index (χ4v) is 1.69. The Bertz CT molecular complexity index is 185. The predicted octanol–water partition coefficient (Wildman–Crippen LogP) is 3.63. The van der Waals surface area contributed by atoms with Crippen LogP contribution in [0.3, 0.4) is 0 Å². The van der Waals surface area contributed by atoms with Gasteiger partial charge in [0.1, 0.15) is 0 Å². The second kappa shape index (κ2) is 17.4. The monoisotopic (exact) mass is 274 g/mol. The maximum absolute atomic E-state index is 10.0. The van der Waals surface area contributed by atoms with Gasteiger partial charge in [-0.15, -0.1) is 0 Å². The van der Waals surface area contributed by atoms with Crippen molar-refractivity contribution in [2.75, 3.05) is 0 Å². The van der Waals surface area contributed by atoms with Crippen molar-refractivity contribution in [3.63, 3.8) is 0 Å². The summed E-state index contributed by atoms with van der Waals surface area (Å²) >= 11 is 0. The zero-order valence-electron chi connectivity index (χ0n) is 12.9. The number of carboxylic acids is 1. The third kappa shape index (κ3) is 26.8. The molecule has 0 fully saturated rings. The Kier molecular flexibility index (Phi) is 18.9. The van der Waals surface area contributed by atoms with E-state index in [-0.39, 0.29) is 6.17 Å². The van der Waals surface area contributed by atoms with Gasteiger partial charge in [0.2, 0.25) is 0 Å². The number of hydrogen-bond acceptors (Lipinski definition) is 3. The first-order chi connectivity index (χ1) is 9.04. The molecule has 4 heteroatoms. The SMILES string of the molecule is CCCCCCC(N)N.CCCCCCCC(=O)O. The summed E-state index contributed by atoms with van der Waals surface area (Å²) in [5.41, 5.74) is 10.7. The van der Waals surface area contributed by atoms with Crippen molar-refractivity contribution in [2.45, 2.75) is 90.6 Å². The molecule has 0 aliphatic heterocycles. The van der Waals surface area contributed by atoms with Crippen LogP contribution in [0.4, 0.5) is 0 Å². The summed E-state index contributed by atoms with van der Waals surface area (Å²) in [4.78, 5) is 10.0. The van der Waals surface area contributed by atoms with Gasteiger partial charge in [-0.25, -0.2) is 0 Å². The van der Waals surface area contributed by atoms with Gasteiger partial charge in [0.15, 0.2) is 0 Å². The van der Waals surface area contributed by atoms with Gasteiger partial charge in [-0.1, -0.05) is 65.2 Å². The summed E-state index contributed by atoms with van der Waals surface area (Å²) < 4.78 is 0. The number of rotatable bonds is 11. The average Bonchev–Trinajstić information content (AvgIpc) is 2.35. The molecule has 0 aromatic rings. The van der Waals surface area contributed by atoms with E-state index < -0.39 is 5.97 Å². The second-order valence-electron chi connectivity index (χ2n) is 5.07. The maximum atomic E-state index is 10.0. The molecular weight excluding hydrogens is 240 g/mol. The Morgan fingerprint density at radius 1 is 0.895 bits per heavy atom. The molecule has 0 amide bonds. The first-order valence-electron chi connectivity index (χ1n) is 7.77. The minimum absolute atomic E-state index is 0.0955. The molecule has 0 aliphatic carbocycles. The lowest BCUT2D eigenvalue weighted by Crippen LogP contribution is -2.29. The van der Waals surface area contributed by atoms with Crippen LogP contribution >= 0.6 is 0 Å². The quantitative estimate of drug-likeness (QED) is 0.396. The van der Waals surface area contributed by atoms with E-state index >= 15 is 0 Å². The third-order valence-corrected chi connectivity index (χ3v) is 2.89. The van der Waals surface area contributed by atoms with E-state index in [0.29, 0.717) is 6.42 Å². The Morgan fingerprint density at radius 2 is 1.37 bits per heavy atom. The molecule has 0 bridgehead atoms. The smallest absolute Gasteiger partial charge is 0.303 e. The molecule has 116 valence electrons. The molecule has 0 rings (SSSR count). The summed E-state index contributed by atoms with van der Waals surface area (Å²) in [6.07, 6.45) is 11.8. The van der Waals surface area contributed by atoms with Crippen LogP contribution < -0.4 is 11.5 Å². The molecule has 5 N–H and O–H groups in total. The highest BCUT2D eigenvalue weighted by molar-refractivity contribution is 5.66. The van der Waals surface area contributed by atoms with Crippen LogP contribution in [0.25, 0.3) is 0 Å². The number of carbonyl (C=O) groups is 1. The molecule has 0 aromatic heterocycles. The highest BCUT2D eigenvalue weighted by Crippen LogP contribution is 2.04. The summed E-state index contributed by atoms with van der Waals surface area (Å²) in [7, 11) is 0. The standard InChI is InChI=1S/C8H16O2.C7H18N2/c1-2-3-4-5-6-7-8(9)10;1-2-3-4-5-6-7(8)9/h2-7H2,1H3,(H,9,10);7H,2-6,8-9H2,1H3. The number of hydrogen-bond donors (Lipinski definition) is 3. The maximum Gasteiger partial charge on any atom is 0.303 e. The molecule has 0 saturated heterocycles. The van der Waals surface area contributed by atoms with Crippen molar-refractivity contribution in [2.24, 2.45) is 11.5 Å². The van der Waals surface area contributed by atoms with Gasteiger partial charge in [-0.2, -0.15) is 0 Å². The van der Waals surface area contributed by atoms with Crippen molar-refractivity contribution in [3.8, 4) is 0 Å². The minimum Gasteiger partial charge on any atom is -0.481 e. The molecular formula is C15H34N2O2. The summed E-state index contributed by atoms with van der Waals surface area (Å²) in [6, 6.07) is 0. The molecule has 4 nitrogen and oxygen atoms in total. The molecule has 0 radical (unpaired) electrons. The van der Waals surface area contributed by atoms with E-state index in [1.54, 1.807) is 0 Å². The van der Waals surface area contributed by atoms with Crippen LogP contribution in [0.2, 0.25) is 0 Å². The van der Waals surface area contributed by atoms with Crippen molar-refractivity contribution < 1.29 is 9.90 Å². The normalized spacial score (nSPS) is 10.2. The molecule has 0 aromatic carbocycles. The highest BCUT2D eigenvalue weighted by Gasteiger charge is 1.94. The fraction of sp³-hybridized carbons (Fsp3) is 0.933. The first-order valence-corrected chi connectivity index (χ1v) is 7.77. The highest BCUT2D eigenvalue weighted by atomic mass is 16.4. The Hall–Kier alpha value is -0.610. The minimum atomic E-state index is -0.670. The van der Waals surface area contributed by atoms with Gasteiger partial charge in [0, 0.05) is 6.42 Å². The van der Waals surface area contributed by atoms with Gasteiger partial charge in [0.25, 0.3) is 0 Å². The van der Waals surface area contributed by atoms with Gasteiger partial charge >= 0.3 is 5.97 Å². The van der Waals surface area contributed by atoms with Crippen LogP contribution in [0.1, 0.15) is 84.5 Å². The van der Waals surface area contributed by atoms with Gasteiger partial charge in [0.05, 0.1) is 6.17 Å².